The summed E-state index contributed by atoms with van der Waals surface area (Å²) >= 11 is 10.9. The molecule has 0 fully saturated rings. The molecule has 2 aromatic heterocycles. The summed E-state index contributed by atoms with van der Waals surface area (Å²) < 4.78 is 8.61. The van der Waals surface area contributed by atoms with E-state index in [1.54, 1.807) is 23.1 Å². The Morgan fingerprint density at radius 2 is 2.28 bits per heavy atom. The van der Waals surface area contributed by atoms with Crippen LogP contribution in [0.2, 0.25) is 4.34 Å². The first-order valence-corrected chi connectivity index (χ1v) is 7.30. The van der Waals surface area contributed by atoms with Crippen LogP contribution in [0.5, 0.6) is 5.88 Å². The van der Waals surface area contributed by atoms with Crippen molar-refractivity contribution in [3.63, 3.8) is 0 Å². The van der Waals surface area contributed by atoms with E-state index in [1.807, 2.05) is 19.2 Å². The Bertz CT molecular complexity index is 521. The fourth-order valence-corrected chi connectivity index (χ4v) is 3.34. The molecule has 0 amide bonds. The van der Waals surface area contributed by atoms with Crippen LogP contribution in [-0.4, -0.2) is 16.9 Å². The van der Waals surface area contributed by atoms with Crippen LogP contribution in [0.3, 0.4) is 0 Å². The number of thiophene rings is 1. The molecule has 4 nitrogen and oxygen atoms in total. The molecule has 0 aliphatic carbocycles. The lowest BCUT2D eigenvalue weighted by molar-refractivity contribution is 0.373. The zero-order valence-electron chi connectivity index (χ0n) is 10.0. The molecular weight excluding hydrogens is 338 g/mol. The average Bonchev–Trinajstić information content (AvgIpc) is 2.83. The molecular formula is C11H13BrClN3OS. The summed E-state index contributed by atoms with van der Waals surface area (Å²) in [5.74, 6) is 0.758. The highest BCUT2D eigenvalue weighted by atomic mass is 79.9. The van der Waals surface area contributed by atoms with Gasteiger partial charge in [-0.1, -0.05) is 11.6 Å². The van der Waals surface area contributed by atoms with Crippen LogP contribution >= 0.6 is 38.9 Å². The van der Waals surface area contributed by atoms with E-state index in [9.17, 15) is 0 Å². The van der Waals surface area contributed by atoms with E-state index in [4.69, 9.17) is 16.3 Å². The van der Waals surface area contributed by atoms with Crippen molar-refractivity contribution in [2.75, 3.05) is 7.11 Å². The fraction of sp³-hybridized carbons (Fsp3) is 0.364. The van der Waals surface area contributed by atoms with E-state index in [2.05, 4.69) is 26.3 Å². The van der Waals surface area contributed by atoms with Gasteiger partial charge < -0.3 is 10.1 Å². The van der Waals surface area contributed by atoms with Gasteiger partial charge in [0.05, 0.1) is 12.8 Å². The molecule has 0 bridgehead atoms. The van der Waals surface area contributed by atoms with Crippen LogP contribution in [0.4, 0.5) is 0 Å². The fourth-order valence-electron chi connectivity index (χ4n) is 1.58. The van der Waals surface area contributed by atoms with E-state index < -0.39 is 0 Å². The number of ether oxygens (including phenoxy) is 1. The van der Waals surface area contributed by atoms with Gasteiger partial charge in [-0.15, -0.1) is 11.3 Å². The third kappa shape index (κ3) is 3.26. The molecule has 2 aromatic rings. The highest BCUT2D eigenvalue weighted by Crippen LogP contribution is 2.31. The SMILES string of the molecule is COc1cc(CNCc2cc(Br)c(Cl)s2)nn1C. The minimum absolute atomic E-state index is 0.699. The van der Waals surface area contributed by atoms with E-state index in [-0.39, 0.29) is 0 Å². The van der Waals surface area contributed by atoms with Gasteiger partial charge in [-0.05, 0) is 22.0 Å². The van der Waals surface area contributed by atoms with Gasteiger partial charge in [0.15, 0.2) is 0 Å². The molecule has 0 saturated carbocycles. The van der Waals surface area contributed by atoms with Crippen molar-refractivity contribution in [2.24, 2.45) is 7.05 Å². The van der Waals surface area contributed by atoms with Gasteiger partial charge in [-0.25, -0.2) is 4.68 Å². The average molecular weight is 351 g/mol. The highest BCUT2D eigenvalue weighted by molar-refractivity contribution is 9.10. The number of rotatable bonds is 5. The van der Waals surface area contributed by atoms with Crippen LogP contribution in [0.15, 0.2) is 16.6 Å². The first kappa shape index (κ1) is 13.9. The molecule has 0 atom stereocenters. The predicted molar refractivity (Wildman–Crippen MR) is 77.3 cm³/mol. The number of nitrogens with one attached hydrogen (secondary N) is 1. The summed E-state index contributed by atoms with van der Waals surface area (Å²) in [5.41, 5.74) is 0.955. The Labute approximate surface area is 123 Å². The molecule has 0 aliphatic rings. The Hall–Kier alpha value is -0.560. The summed E-state index contributed by atoms with van der Waals surface area (Å²) in [4.78, 5) is 1.19. The monoisotopic (exact) mass is 349 g/mol. The van der Waals surface area contributed by atoms with Gasteiger partial charge in [0.25, 0.3) is 0 Å². The maximum atomic E-state index is 5.98. The Morgan fingerprint density at radius 1 is 1.50 bits per heavy atom. The van der Waals surface area contributed by atoms with Gasteiger partial charge in [-0.2, -0.15) is 5.10 Å². The predicted octanol–water partition coefficient (Wildman–Crippen LogP) is 3.20. The van der Waals surface area contributed by atoms with Gasteiger partial charge in [-0.3, -0.25) is 0 Å². The number of hydrogen-bond acceptors (Lipinski definition) is 4. The minimum Gasteiger partial charge on any atom is -0.481 e. The zero-order valence-corrected chi connectivity index (χ0v) is 13.2. The van der Waals surface area contributed by atoms with E-state index in [1.165, 1.54) is 4.88 Å². The minimum atomic E-state index is 0.699. The molecule has 2 rings (SSSR count). The van der Waals surface area contributed by atoms with Gasteiger partial charge in [0, 0.05) is 35.6 Å². The van der Waals surface area contributed by atoms with Crippen molar-refractivity contribution < 1.29 is 4.74 Å². The lowest BCUT2D eigenvalue weighted by atomic mass is 10.4. The molecule has 0 radical (unpaired) electrons. The summed E-state index contributed by atoms with van der Waals surface area (Å²) in [7, 11) is 3.50. The molecule has 2 heterocycles. The normalized spacial score (nSPS) is 10.9. The van der Waals surface area contributed by atoms with Crippen LogP contribution in [-0.2, 0) is 20.1 Å². The molecule has 0 aliphatic heterocycles. The molecule has 98 valence electrons. The van der Waals surface area contributed by atoms with Crippen molar-refractivity contribution in [1.29, 1.82) is 0 Å². The maximum Gasteiger partial charge on any atom is 0.211 e. The summed E-state index contributed by atoms with van der Waals surface area (Å²) in [5, 5.41) is 7.66. The van der Waals surface area contributed by atoms with E-state index >= 15 is 0 Å². The van der Waals surface area contributed by atoms with Gasteiger partial charge in [0.2, 0.25) is 5.88 Å². The summed E-state index contributed by atoms with van der Waals surface area (Å²) in [6, 6.07) is 3.95. The topological polar surface area (TPSA) is 39.1 Å². The molecule has 0 unspecified atom stereocenters. The van der Waals surface area contributed by atoms with Crippen LogP contribution in [0.25, 0.3) is 0 Å². The van der Waals surface area contributed by atoms with Crippen LogP contribution in [0.1, 0.15) is 10.6 Å². The number of aryl methyl sites for hydroxylation is 1. The van der Waals surface area contributed by atoms with Crippen molar-refractivity contribution >= 4 is 38.9 Å². The van der Waals surface area contributed by atoms with Crippen molar-refractivity contribution in [2.45, 2.75) is 13.1 Å². The lowest BCUT2D eigenvalue weighted by Crippen LogP contribution is -2.12. The zero-order chi connectivity index (χ0) is 13.1. The Kier molecular flexibility index (Phi) is 4.66. The third-order valence-corrected chi connectivity index (χ3v) is 4.87. The first-order valence-electron chi connectivity index (χ1n) is 5.31. The maximum absolute atomic E-state index is 5.98. The molecule has 7 heteroatoms. The van der Waals surface area contributed by atoms with Gasteiger partial charge in [0.1, 0.15) is 4.34 Å². The number of aromatic nitrogens is 2. The molecule has 0 spiro atoms. The highest BCUT2D eigenvalue weighted by Gasteiger charge is 2.06. The number of hydrogen-bond donors (Lipinski definition) is 1. The second kappa shape index (κ2) is 6.06. The second-order valence-electron chi connectivity index (χ2n) is 3.74. The Balaban J connectivity index is 1.88. The molecule has 0 aromatic carbocycles. The van der Waals surface area contributed by atoms with Crippen LogP contribution in [0, 0.1) is 0 Å². The lowest BCUT2D eigenvalue weighted by Gasteiger charge is -1.99. The molecule has 0 saturated heterocycles. The first-order chi connectivity index (χ1) is 8.60. The van der Waals surface area contributed by atoms with Crippen molar-refractivity contribution in [3.05, 3.63) is 31.5 Å². The molecule has 1 N–H and O–H groups in total. The summed E-state index contributed by atoms with van der Waals surface area (Å²) in [6.07, 6.45) is 0. The smallest absolute Gasteiger partial charge is 0.211 e. The van der Waals surface area contributed by atoms with Crippen LogP contribution < -0.4 is 10.1 Å². The number of nitrogens with zero attached hydrogens (tertiary/aromatic N) is 2. The van der Waals surface area contributed by atoms with Crippen molar-refractivity contribution in [1.82, 2.24) is 15.1 Å². The van der Waals surface area contributed by atoms with Gasteiger partial charge >= 0.3 is 0 Å². The summed E-state index contributed by atoms with van der Waals surface area (Å²) in [6.45, 7) is 1.47. The molecule has 18 heavy (non-hydrogen) atoms. The standard InChI is InChI=1S/C11H13BrClN3OS/c1-16-10(17-2)3-7(15-16)5-14-6-8-4-9(12)11(13)18-8/h3-4,14H,5-6H2,1-2H3. The van der Waals surface area contributed by atoms with E-state index in [0.29, 0.717) is 6.54 Å². The third-order valence-electron chi connectivity index (χ3n) is 2.40. The second-order valence-corrected chi connectivity index (χ2v) is 6.33. The van der Waals surface area contributed by atoms with Crippen molar-refractivity contribution in [3.8, 4) is 5.88 Å². The number of methoxy groups -OCH3 is 1. The number of halogens is 2. The Morgan fingerprint density at radius 3 is 2.83 bits per heavy atom. The quantitative estimate of drug-likeness (QED) is 0.900. The largest absolute Gasteiger partial charge is 0.481 e. The van der Waals surface area contributed by atoms with E-state index in [0.717, 1.165) is 26.9 Å².